The van der Waals surface area contributed by atoms with Crippen molar-refractivity contribution in [2.24, 2.45) is 5.92 Å². The molecule has 1 aromatic carbocycles. The lowest BCUT2D eigenvalue weighted by atomic mass is 9.98. The highest BCUT2D eigenvalue weighted by molar-refractivity contribution is 5.80. The molecule has 0 fully saturated rings. The number of carbonyl (C=O) groups is 2. The van der Waals surface area contributed by atoms with Crippen molar-refractivity contribution in [3.05, 3.63) is 35.4 Å². The first-order valence-electron chi connectivity index (χ1n) is 6.52. The van der Waals surface area contributed by atoms with Gasteiger partial charge < -0.3 is 15.2 Å². The number of carbonyl (C=O) groups excluding carboxylic acids is 1. The average molecular weight is 279 g/mol. The monoisotopic (exact) mass is 279 g/mol. The van der Waals surface area contributed by atoms with Gasteiger partial charge >= 0.3 is 5.97 Å². The van der Waals surface area contributed by atoms with Crippen molar-refractivity contribution < 1.29 is 19.4 Å². The summed E-state index contributed by atoms with van der Waals surface area (Å²) in [5.41, 5.74) is 1.78. The second-order valence-electron chi connectivity index (χ2n) is 4.87. The van der Waals surface area contributed by atoms with Crippen LogP contribution in [0.25, 0.3) is 0 Å². The molecule has 5 heteroatoms. The van der Waals surface area contributed by atoms with E-state index in [1.807, 2.05) is 31.2 Å². The highest BCUT2D eigenvalue weighted by atomic mass is 16.5. The lowest BCUT2D eigenvalue weighted by Gasteiger charge is -2.21. The second kappa shape index (κ2) is 7.65. The van der Waals surface area contributed by atoms with Crippen molar-refractivity contribution in [3.8, 4) is 0 Å². The third-order valence-electron chi connectivity index (χ3n) is 3.12. The number of aryl methyl sites for hydroxylation is 1. The van der Waals surface area contributed by atoms with Crippen LogP contribution in [0.5, 0.6) is 0 Å². The van der Waals surface area contributed by atoms with Crippen molar-refractivity contribution in [1.29, 1.82) is 0 Å². The minimum Gasteiger partial charge on any atom is -0.481 e. The summed E-state index contributed by atoms with van der Waals surface area (Å²) in [6.45, 7) is 3.95. The number of hydrogen-bond donors (Lipinski definition) is 2. The molecule has 1 aromatic rings. The number of rotatable bonds is 7. The van der Waals surface area contributed by atoms with Gasteiger partial charge in [0.2, 0.25) is 5.91 Å². The third-order valence-corrected chi connectivity index (χ3v) is 3.12. The van der Waals surface area contributed by atoms with Gasteiger partial charge in [0, 0.05) is 7.11 Å². The molecule has 2 unspecified atom stereocenters. The van der Waals surface area contributed by atoms with Gasteiger partial charge in [0.1, 0.15) is 0 Å². The zero-order chi connectivity index (χ0) is 15.1. The van der Waals surface area contributed by atoms with E-state index in [-0.39, 0.29) is 18.2 Å². The highest BCUT2D eigenvalue weighted by Crippen LogP contribution is 2.21. The maximum atomic E-state index is 12.0. The molecule has 0 spiro atoms. The van der Waals surface area contributed by atoms with Crippen molar-refractivity contribution in [2.75, 3.05) is 13.7 Å². The van der Waals surface area contributed by atoms with E-state index in [2.05, 4.69) is 5.32 Å². The molecule has 0 bridgehead atoms. The van der Waals surface area contributed by atoms with E-state index < -0.39 is 12.0 Å². The Hall–Kier alpha value is -1.88. The van der Waals surface area contributed by atoms with Crippen LogP contribution in [0.2, 0.25) is 0 Å². The summed E-state index contributed by atoms with van der Waals surface area (Å²) in [5, 5.41) is 11.8. The van der Waals surface area contributed by atoms with E-state index in [4.69, 9.17) is 9.84 Å². The predicted octanol–water partition coefficient (Wildman–Crippen LogP) is 1.91. The van der Waals surface area contributed by atoms with Crippen LogP contribution in [-0.2, 0) is 14.3 Å². The molecule has 1 rings (SSSR count). The van der Waals surface area contributed by atoms with Gasteiger partial charge in [0.05, 0.1) is 25.0 Å². The Labute approximate surface area is 118 Å². The maximum Gasteiger partial charge on any atom is 0.305 e. The molecule has 0 heterocycles. The summed E-state index contributed by atoms with van der Waals surface area (Å²) < 4.78 is 4.94. The molecule has 0 aliphatic carbocycles. The van der Waals surface area contributed by atoms with Gasteiger partial charge in [0.15, 0.2) is 0 Å². The molecule has 2 atom stereocenters. The number of methoxy groups -OCH3 is 1. The van der Waals surface area contributed by atoms with Crippen LogP contribution in [0, 0.1) is 12.8 Å². The normalized spacial score (nSPS) is 13.6. The minimum absolute atomic E-state index is 0.143. The summed E-state index contributed by atoms with van der Waals surface area (Å²) in [6, 6.07) is 6.92. The molecule has 0 saturated carbocycles. The molecule has 0 radical (unpaired) electrons. The van der Waals surface area contributed by atoms with Gasteiger partial charge in [-0.2, -0.15) is 0 Å². The lowest BCUT2D eigenvalue weighted by Crippen LogP contribution is -2.35. The van der Waals surface area contributed by atoms with E-state index in [9.17, 15) is 9.59 Å². The third kappa shape index (κ3) is 4.66. The van der Waals surface area contributed by atoms with Crippen LogP contribution >= 0.6 is 0 Å². The Morgan fingerprint density at radius 2 is 2.00 bits per heavy atom. The fraction of sp³-hybridized carbons (Fsp3) is 0.467. The first-order valence-corrected chi connectivity index (χ1v) is 6.52. The van der Waals surface area contributed by atoms with Crippen LogP contribution in [0.4, 0.5) is 0 Å². The van der Waals surface area contributed by atoms with E-state index >= 15 is 0 Å². The Kier molecular flexibility index (Phi) is 6.18. The first-order chi connectivity index (χ1) is 9.45. The molecular weight excluding hydrogens is 258 g/mol. The summed E-state index contributed by atoms with van der Waals surface area (Å²) in [5.74, 6) is -1.47. The molecule has 0 aliphatic heterocycles. The standard InChI is InChI=1S/C15H21NO4/c1-10-6-4-5-7-12(10)13(8-14(17)18)16-15(19)11(2)9-20-3/h4-7,11,13H,8-9H2,1-3H3,(H,16,19)(H,17,18). The van der Waals surface area contributed by atoms with Gasteiger partial charge in [-0.1, -0.05) is 31.2 Å². The van der Waals surface area contributed by atoms with E-state index in [1.165, 1.54) is 7.11 Å². The van der Waals surface area contributed by atoms with E-state index in [1.54, 1.807) is 6.92 Å². The SMILES string of the molecule is COCC(C)C(=O)NC(CC(=O)O)c1ccccc1C. The number of ether oxygens (including phenoxy) is 1. The van der Waals surface area contributed by atoms with Crippen molar-refractivity contribution in [1.82, 2.24) is 5.32 Å². The van der Waals surface area contributed by atoms with Crippen molar-refractivity contribution in [3.63, 3.8) is 0 Å². The largest absolute Gasteiger partial charge is 0.481 e. The number of hydrogen-bond acceptors (Lipinski definition) is 3. The lowest BCUT2D eigenvalue weighted by molar-refractivity contribution is -0.138. The number of carboxylic acids is 1. The van der Waals surface area contributed by atoms with E-state index in [0.29, 0.717) is 6.61 Å². The summed E-state index contributed by atoms with van der Waals surface area (Å²) in [7, 11) is 1.53. The Morgan fingerprint density at radius 1 is 1.35 bits per heavy atom. The summed E-state index contributed by atoms with van der Waals surface area (Å²) >= 11 is 0. The average Bonchev–Trinajstić information content (AvgIpc) is 2.38. The zero-order valence-electron chi connectivity index (χ0n) is 12.1. The van der Waals surface area contributed by atoms with Crippen LogP contribution in [0.1, 0.15) is 30.5 Å². The number of nitrogens with one attached hydrogen (secondary N) is 1. The Bertz CT molecular complexity index is 473. The predicted molar refractivity (Wildman–Crippen MR) is 75.4 cm³/mol. The molecular formula is C15H21NO4. The number of benzene rings is 1. The molecule has 1 amide bonds. The second-order valence-corrected chi connectivity index (χ2v) is 4.87. The highest BCUT2D eigenvalue weighted by Gasteiger charge is 2.22. The first kappa shape index (κ1) is 16.2. The topological polar surface area (TPSA) is 75.6 Å². The van der Waals surface area contributed by atoms with Gasteiger partial charge in [-0.05, 0) is 18.1 Å². The summed E-state index contributed by atoms with van der Waals surface area (Å²) in [6.07, 6.45) is -0.143. The minimum atomic E-state index is -0.946. The van der Waals surface area contributed by atoms with Gasteiger partial charge in [-0.25, -0.2) is 0 Å². The number of amides is 1. The van der Waals surface area contributed by atoms with Crippen LogP contribution < -0.4 is 5.32 Å². The fourth-order valence-electron chi connectivity index (χ4n) is 2.03. The van der Waals surface area contributed by atoms with Crippen molar-refractivity contribution in [2.45, 2.75) is 26.3 Å². The zero-order valence-corrected chi connectivity index (χ0v) is 12.1. The van der Waals surface area contributed by atoms with Crippen LogP contribution in [0.3, 0.4) is 0 Å². The molecule has 5 nitrogen and oxygen atoms in total. The summed E-state index contributed by atoms with van der Waals surface area (Å²) in [4.78, 5) is 23.0. The number of aliphatic carboxylic acids is 1. The maximum absolute atomic E-state index is 12.0. The Morgan fingerprint density at radius 3 is 2.55 bits per heavy atom. The molecule has 0 aliphatic rings. The molecule has 2 N–H and O–H groups in total. The quantitative estimate of drug-likeness (QED) is 0.799. The smallest absolute Gasteiger partial charge is 0.305 e. The Balaban J connectivity index is 2.88. The molecule has 0 saturated heterocycles. The number of carboxylic acid groups (broad SMARTS) is 1. The van der Waals surface area contributed by atoms with Gasteiger partial charge in [-0.15, -0.1) is 0 Å². The van der Waals surface area contributed by atoms with Crippen molar-refractivity contribution >= 4 is 11.9 Å². The van der Waals surface area contributed by atoms with E-state index in [0.717, 1.165) is 11.1 Å². The van der Waals surface area contributed by atoms with Crippen LogP contribution in [-0.4, -0.2) is 30.7 Å². The van der Waals surface area contributed by atoms with Gasteiger partial charge in [0.25, 0.3) is 0 Å². The molecule has 20 heavy (non-hydrogen) atoms. The van der Waals surface area contributed by atoms with Crippen LogP contribution in [0.15, 0.2) is 24.3 Å². The molecule has 0 aromatic heterocycles. The van der Waals surface area contributed by atoms with Gasteiger partial charge in [-0.3, -0.25) is 9.59 Å². The fourth-order valence-corrected chi connectivity index (χ4v) is 2.03. The molecule has 110 valence electrons.